The van der Waals surface area contributed by atoms with Crippen molar-refractivity contribution < 1.29 is 31.1 Å². The smallest absolute Gasteiger partial charge is 0.434 e. The fourth-order valence-electron chi connectivity index (χ4n) is 1.11. The summed E-state index contributed by atoms with van der Waals surface area (Å²) < 4.78 is 77.1. The number of alkyl halides is 6. The molecule has 18 heavy (non-hydrogen) atoms. The highest BCUT2D eigenvalue weighted by Gasteiger charge is 2.59. The molecular formula is C10H5F6NO. The topological polar surface area (TPSA) is 33.0 Å². The molecule has 98 valence electrons. The second-order valence-electron chi connectivity index (χ2n) is 3.19. The molecular weight excluding hydrogens is 264 g/mol. The maximum absolute atomic E-state index is 12.2. The molecule has 0 aromatic heterocycles. The lowest BCUT2D eigenvalue weighted by atomic mass is 10.2. The molecule has 0 fully saturated rings. The third kappa shape index (κ3) is 3.29. The van der Waals surface area contributed by atoms with Gasteiger partial charge in [0, 0.05) is 0 Å². The molecule has 0 heterocycles. The largest absolute Gasteiger partial charge is 0.470 e. The van der Waals surface area contributed by atoms with Crippen molar-refractivity contribution in [2.24, 2.45) is 0 Å². The van der Waals surface area contributed by atoms with Crippen LogP contribution in [0.5, 0.6) is 5.75 Å². The van der Waals surface area contributed by atoms with Crippen LogP contribution in [0.2, 0.25) is 0 Å². The summed E-state index contributed by atoms with van der Waals surface area (Å²) in [4.78, 5) is 0. The van der Waals surface area contributed by atoms with E-state index in [1.54, 1.807) is 0 Å². The van der Waals surface area contributed by atoms with Gasteiger partial charge in [-0.1, -0.05) is 12.1 Å². The average Bonchev–Trinajstić information content (AvgIpc) is 2.23. The highest BCUT2D eigenvalue weighted by molar-refractivity contribution is 5.42. The fraction of sp³-hybridized carbons (Fsp3) is 0.300. The van der Waals surface area contributed by atoms with Crippen molar-refractivity contribution in [3.05, 3.63) is 29.8 Å². The number of hydrogen-bond acceptors (Lipinski definition) is 2. The molecule has 0 amide bonds. The van der Waals surface area contributed by atoms with Crippen LogP contribution in [0.4, 0.5) is 26.3 Å². The van der Waals surface area contributed by atoms with E-state index in [4.69, 9.17) is 5.26 Å². The van der Waals surface area contributed by atoms with Crippen LogP contribution in [0.1, 0.15) is 5.56 Å². The summed E-state index contributed by atoms with van der Waals surface area (Å²) in [6, 6.07) is 5.82. The van der Waals surface area contributed by atoms with Crippen LogP contribution in [0, 0.1) is 11.3 Å². The first-order chi connectivity index (χ1) is 8.16. The lowest BCUT2D eigenvalue weighted by Gasteiger charge is -2.24. The summed E-state index contributed by atoms with van der Waals surface area (Å²) in [5, 5.41) is 8.54. The van der Waals surface area contributed by atoms with Crippen LogP contribution < -0.4 is 4.74 Å². The maximum Gasteiger partial charge on any atom is 0.434 e. The van der Waals surface area contributed by atoms with E-state index in [0.717, 1.165) is 12.1 Å². The number of nitriles is 1. The molecule has 0 unspecified atom stereocenters. The van der Waals surface area contributed by atoms with E-state index < -0.39 is 29.8 Å². The van der Waals surface area contributed by atoms with Crippen LogP contribution in [0.25, 0.3) is 0 Å². The van der Waals surface area contributed by atoms with Gasteiger partial charge in [0.15, 0.2) is 0 Å². The SMILES string of the molecule is N#Cc1ccccc1OC(C(F)(F)F)C(F)(F)F. The van der Waals surface area contributed by atoms with Gasteiger partial charge in [-0.3, -0.25) is 0 Å². The number of benzene rings is 1. The van der Waals surface area contributed by atoms with Gasteiger partial charge in [0.05, 0.1) is 5.56 Å². The van der Waals surface area contributed by atoms with Crippen molar-refractivity contribution in [1.82, 2.24) is 0 Å². The van der Waals surface area contributed by atoms with E-state index in [1.165, 1.54) is 18.2 Å². The van der Waals surface area contributed by atoms with E-state index in [0.29, 0.717) is 0 Å². The summed E-state index contributed by atoms with van der Waals surface area (Å²) in [6.07, 6.45) is -15.2. The van der Waals surface area contributed by atoms with Crippen molar-refractivity contribution in [1.29, 1.82) is 5.26 Å². The Morgan fingerprint density at radius 1 is 1.00 bits per heavy atom. The molecule has 1 aromatic carbocycles. The summed E-state index contributed by atoms with van der Waals surface area (Å²) >= 11 is 0. The van der Waals surface area contributed by atoms with Gasteiger partial charge < -0.3 is 4.74 Å². The minimum atomic E-state index is -5.61. The molecule has 1 aromatic rings. The molecule has 0 saturated carbocycles. The van der Waals surface area contributed by atoms with Gasteiger partial charge in [-0.25, -0.2) is 0 Å². The van der Waals surface area contributed by atoms with E-state index in [1.807, 2.05) is 0 Å². The van der Waals surface area contributed by atoms with Crippen LogP contribution in [-0.2, 0) is 0 Å². The lowest BCUT2D eigenvalue weighted by Crippen LogP contribution is -2.46. The first kappa shape index (κ1) is 14.2. The van der Waals surface area contributed by atoms with Crippen molar-refractivity contribution in [2.45, 2.75) is 18.5 Å². The van der Waals surface area contributed by atoms with Gasteiger partial charge in [0.1, 0.15) is 11.8 Å². The van der Waals surface area contributed by atoms with Crippen molar-refractivity contribution in [3.63, 3.8) is 0 Å². The Kier molecular flexibility index (Phi) is 3.74. The lowest BCUT2D eigenvalue weighted by molar-refractivity contribution is -0.299. The second kappa shape index (κ2) is 4.76. The fourth-order valence-corrected chi connectivity index (χ4v) is 1.11. The Morgan fingerprint density at radius 2 is 1.50 bits per heavy atom. The molecule has 0 radical (unpaired) electrons. The van der Waals surface area contributed by atoms with Gasteiger partial charge in [0.2, 0.25) is 0 Å². The standard InChI is InChI=1S/C10H5F6NO/c11-9(12,13)8(10(14,15)16)18-7-4-2-1-3-6(7)5-17/h1-4,8H. The van der Waals surface area contributed by atoms with Gasteiger partial charge in [-0.05, 0) is 12.1 Å². The Morgan fingerprint density at radius 3 is 1.94 bits per heavy atom. The van der Waals surface area contributed by atoms with Crippen molar-refractivity contribution >= 4 is 0 Å². The Bertz CT molecular complexity index is 445. The Balaban J connectivity index is 3.10. The molecule has 0 aliphatic rings. The number of rotatable bonds is 2. The highest BCUT2D eigenvalue weighted by Crippen LogP contribution is 2.37. The molecule has 0 spiro atoms. The summed E-state index contributed by atoms with van der Waals surface area (Å²) in [6.45, 7) is 0. The summed E-state index contributed by atoms with van der Waals surface area (Å²) in [5.74, 6) is -0.764. The Labute approximate surface area is 97.4 Å². The van der Waals surface area contributed by atoms with Crippen molar-refractivity contribution in [3.8, 4) is 11.8 Å². The molecule has 0 atom stereocenters. The highest BCUT2D eigenvalue weighted by atomic mass is 19.4. The average molecular weight is 269 g/mol. The molecule has 8 heteroatoms. The van der Waals surface area contributed by atoms with E-state index in [9.17, 15) is 26.3 Å². The zero-order chi connectivity index (χ0) is 14.0. The normalized spacial score (nSPS) is 12.3. The monoisotopic (exact) mass is 269 g/mol. The van der Waals surface area contributed by atoms with Gasteiger partial charge in [0.25, 0.3) is 6.10 Å². The molecule has 1 rings (SSSR count). The van der Waals surface area contributed by atoms with Crippen LogP contribution in [0.3, 0.4) is 0 Å². The predicted octanol–water partition coefficient (Wildman–Crippen LogP) is 3.43. The third-order valence-corrected chi connectivity index (χ3v) is 1.85. The van der Waals surface area contributed by atoms with Crippen molar-refractivity contribution in [2.75, 3.05) is 0 Å². The van der Waals surface area contributed by atoms with Gasteiger partial charge in [-0.15, -0.1) is 0 Å². The first-order valence-corrected chi connectivity index (χ1v) is 4.45. The zero-order valence-corrected chi connectivity index (χ0v) is 8.51. The number of ether oxygens (including phenoxy) is 1. The number of nitrogens with zero attached hydrogens (tertiary/aromatic N) is 1. The zero-order valence-electron chi connectivity index (χ0n) is 8.51. The Hall–Kier alpha value is -1.91. The molecule has 0 saturated heterocycles. The number of hydrogen-bond donors (Lipinski definition) is 0. The van der Waals surface area contributed by atoms with Crippen LogP contribution >= 0.6 is 0 Å². The first-order valence-electron chi connectivity index (χ1n) is 4.45. The minimum absolute atomic E-state index is 0.406. The van der Waals surface area contributed by atoms with Gasteiger partial charge >= 0.3 is 12.4 Å². The summed E-state index contributed by atoms with van der Waals surface area (Å²) in [7, 11) is 0. The van der Waals surface area contributed by atoms with Gasteiger partial charge in [-0.2, -0.15) is 31.6 Å². The number of halogens is 6. The van der Waals surface area contributed by atoms with E-state index in [-0.39, 0.29) is 0 Å². The minimum Gasteiger partial charge on any atom is -0.470 e. The summed E-state index contributed by atoms with van der Waals surface area (Å²) in [5.41, 5.74) is -0.406. The quantitative estimate of drug-likeness (QED) is 0.770. The molecule has 0 aliphatic carbocycles. The predicted molar refractivity (Wildman–Crippen MR) is 47.7 cm³/mol. The molecule has 0 bridgehead atoms. The molecule has 2 nitrogen and oxygen atoms in total. The maximum atomic E-state index is 12.2. The van der Waals surface area contributed by atoms with Crippen LogP contribution in [-0.4, -0.2) is 18.5 Å². The van der Waals surface area contributed by atoms with E-state index >= 15 is 0 Å². The third-order valence-electron chi connectivity index (χ3n) is 1.85. The molecule has 0 aliphatic heterocycles. The molecule has 0 N–H and O–H groups in total. The number of para-hydroxylation sites is 1. The van der Waals surface area contributed by atoms with E-state index in [2.05, 4.69) is 4.74 Å². The second-order valence-corrected chi connectivity index (χ2v) is 3.19. The van der Waals surface area contributed by atoms with Crippen LogP contribution in [0.15, 0.2) is 24.3 Å².